The first-order valence-corrected chi connectivity index (χ1v) is 9.69. The number of anilines is 2. The van der Waals surface area contributed by atoms with E-state index in [1.807, 2.05) is 31.2 Å². The van der Waals surface area contributed by atoms with Gasteiger partial charge in [0.05, 0.1) is 0 Å². The van der Waals surface area contributed by atoms with E-state index in [-0.39, 0.29) is 18.4 Å². The summed E-state index contributed by atoms with van der Waals surface area (Å²) in [5, 5.41) is 5.51. The Labute approximate surface area is 175 Å². The maximum atomic E-state index is 12.1. The Bertz CT molecular complexity index is 981. The standard InChI is InChI=1S/C24H24N2O4/c1-3-23(27)25-18-6-8-19(9-7-18)26-24(28)16-29-20-12-14-22(15-13-20)30-21-10-4-17(2)5-11-21/h4-15H,3,16H2,1-2H3,(H,25,27)(H,26,28). The van der Waals surface area contributed by atoms with Crippen molar-refractivity contribution < 1.29 is 19.1 Å². The van der Waals surface area contributed by atoms with Crippen LogP contribution in [0.5, 0.6) is 17.2 Å². The molecule has 0 aromatic heterocycles. The average molecular weight is 404 g/mol. The van der Waals surface area contributed by atoms with Gasteiger partial charge in [-0.1, -0.05) is 24.6 Å². The van der Waals surface area contributed by atoms with Gasteiger partial charge in [0.25, 0.3) is 5.91 Å². The van der Waals surface area contributed by atoms with Crippen molar-refractivity contribution in [1.29, 1.82) is 0 Å². The van der Waals surface area contributed by atoms with Gasteiger partial charge < -0.3 is 20.1 Å². The molecule has 0 spiro atoms. The summed E-state index contributed by atoms with van der Waals surface area (Å²) >= 11 is 0. The molecule has 2 N–H and O–H groups in total. The molecule has 0 atom stereocenters. The van der Waals surface area contributed by atoms with Crippen LogP contribution < -0.4 is 20.1 Å². The molecule has 0 aliphatic heterocycles. The molecule has 30 heavy (non-hydrogen) atoms. The largest absolute Gasteiger partial charge is 0.484 e. The second kappa shape index (κ2) is 10.1. The van der Waals surface area contributed by atoms with Gasteiger partial charge in [0, 0.05) is 17.8 Å². The molecule has 6 nitrogen and oxygen atoms in total. The lowest BCUT2D eigenvalue weighted by molar-refractivity contribution is -0.118. The summed E-state index contributed by atoms with van der Waals surface area (Å²) in [6, 6.07) is 21.8. The van der Waals surface area contributed by atoms with E-state index in [1.165, 1.54) is 5.56 Å². The van der Waals surface area contributed by atoms with Crippen molar-refractivity contribution >= 4 is 23.2 Å². The first kappa shape index (κ1) is 20.9. The zero-order valence-electron chi connectivity index (χ0n) is 17.0. The van der Waals surface area contributed by atoms with E-state index in [9.17, 15) is 9.59 Å². The van der Waals surface area contributed by atoms with E-state index in [4.69, 9.17) is 9.47 Å². The highest BCUT2D eigenvalue weighted by Crippen LogP contribution is 2.24. The second-order valence-corrected chi connectivity index (χ2v) is 6.70. The van der Waals surface area contributed by atoms with Crippen molar-refractivity contribution in [2.24, 2.45) is 0 Å². The molecule has 0 saturated heterocycles. The van der Waals surface area contributed by atoms with Crippen molar-refractivity contribution in [3.8, 4) is 17.2 Å². The van der Waals surface area contributed by atoms with Crippen molar-refractivity contribution in [2.75, 3.05) is 17.2 Å². The van der Waals surface area contributed by atoms with Gasteiger partial charge in [-0.25, -0.2) is 0 Å². The summed E-state index contributed by atoms with van der Waals surface area (Å²) in [5.41, 5.74) is 2.48. The van der Waals surface area contributed by atoms with Gasteiger partial charge in [0.2, 0.25) is 5.91 Å². The van der Waals surface area contributed by atoms with E-state index in [1.54, 1.807) is 55.5 Å². The molecule has 3 aromatic rings. The van der Waals surface area contributed by atoms with Gasteiger partial charge in [0.15, 0.2) is 6.61 Å². The Morgan fingerprint density at radius 3 is 1.70 bits per heavy atom. The molecule has 0 aliphatic rings. The fraction of sp³-hybridized carbons (Fsp3) is 0.167. The summed E-state index contributed by atoms with van der Waals surface area (Å²) < 4.78 is 11.3. The van der Waals surface area contributed by atoms with Gasteiger partial charge >= 0.3 is 0 Å². The molecule has 2 amide bonds. The number of carbonyl (C=O) groups is 2. The molecule has 0 fully saturated rings. The molecule has 0 aliphatic carbocycles. The average Bonchev–Trinajstić information content (AvgIpc) is 2.76. The molecule has 0 bridgehead atoms. The smallest absolute Gasteiger partial charge is 0.262 e. The number of hydrogen-bond donors (Lipinski definition) is 2. The Hall–Kier alpha value is -3.80. The summed E-state index contributed by atoms with van der Waals surface area (Å²) in [4.78, 5) is 23.5. The molecule has 3 aromatic carbocycles. The maximum Gasteiger partial charge on any atom is 0.262 e. The predicted octanol–water partition coefficient (Wildman–Crippen LogP) is 5.15. The van der Waals surface area contributed by atoms with Crippen molar-refractivity contribution in [3.05, 3.63) is 78.4 Å². The molecule has 6 heteroatoms. The molecule has 3 rings (SSSR count). The molecule has 0 heterocycles. The fourth-order valence-electron chi connectivity index (χ4n) is 2.58. The van der Waals surface area contributed by atoms with Crippen molar-refractivity contribution in [3.63, 3.8) is 0 Å². The maximum absolute atomic E-state index is 12.1. The first-order valence-electron chi connectivity index (χ1n) is 9.69. The quantitative estimate of drug-likeness (QED) is 0.544. The highest BCUT2D eigenvalue weighted by atomic mass is 16.5. The van der Waals surface area contributed by atoms with Crippen LogP contribution in [0.25, 0.3) is 0 Å². The molecule has 0 unspecified atom stereocenters. The Morgan fingerprint density at radius 2 is 1.17 bits per heavy atom. The van der Waals surface area contributed by atoms with Gasteiger partial charge in [-0.3, -0.25) is 9.59 Å². The van der Waals surface area contributed by atoms with Crippen LogP contribution in [0.3, 0.4) is 0 Å². The van der Waals surface area contributed by atoms with Gasteiger partial charge in [0.1, 0.15) is 17.2 Å². The lowest BCUT2D eigenvalue weighted by atomic mass is 10.2. The number of benzene rings is 3. The molecular weight excluding hydrogens is 380 g/mol. The Balaban J connectivity index is 1.46. The minimum Gasteiger partial charge on any atom is -0.484 e. The monoisotopic (exact) mass is 404 g/mol. The summed E-state index contributed by atoms with van der Waals surface area (Å²) in [6.07, 6.45) is 0.412. The number of amides is 2. The lowest BCUT2D eigenvalue weighted by Gasteiger charge is -2.10. The molecule has 0 radical (unpaired) electrons. The van der Waals surface area contributed by atoms with Crippen molar-refractivity contribution in [1.82, 2.24) is 0 Å². The van der Waals surface area contributed by atoms with E-state index in [2.05, 4.69) is 10.6 Å². The summed E-state index contributed by atoms with van der Waals surface area (Å²) in [5.74, 6) is 1.68. The molecular formula is C24H24N2O4. The number of aryl methyl sites for hydroxylation is 1. The summed E-state index contributed by atoms with van der Waals surface area (Å²) in [6.45, 7) is 3.69. The van der Waals surface area contributed by atoms with E-state index >= 15 is 0 Å². The highest BCUT2D eigenvalue weighted by Gasteiger charge is 2.05. The second-order valence-electron chi connectivity index (χ2n) is 6.70. The van der Waals surface area contributed by atoms with E-state index in [0.717, 1.165) is 5.75 Å². The van der Waals surface area contributed by atoms with E-state index in [0.29, 0.717) is 29.3 Å². The minimum atomic E-state index is -0.277. The zero-order valence-corrected chi connectivity index (χ0v) is 17.0. The number of rotatable bonds is 8. The Kier molecular flexibility index (Phi) is 7.05. The normalized spacial score (nSPS) is 10.2. The van der Waals surface area contributed by atoms with E-state index < -0.39 is 0 Å². The minimum absolute atomic E-state index is 0.0598. The van der Waals surface area contributed by atoms with Crippen LogP contribution >= 0.6 is 0 Å². The van der Waals surface area contributed by atoms with Crippen molar-refractivity contribution in [2.45, 2.75) is 20.3 Å². The van der Waals surface area contributed by atoms with Crippen LogP contribution in [0.15, 0.2) is 72.8 Å². The third-order valence-electron chi connectivity index (χ3n) is 4.22. The number of carbonyl (C=O) groups excluding carboxylic acids is 2. The molecule has 0 saturated carbocycles. The number of hydrogen-bond acceptors (Lipinski definition) is 4. The van der Waals surface area contributed by atoms with Crippen LogP contribution in [0, 0.1) is 6.92 Å². The van der Waals surface area contributed by atoms with Gasteiger partial charge in [-0.15, -0.1) is 0 Å². The SMILES string of the molecule is CCC(=O)Nc1ccc(NC(=O)COc2ccc(Oc3ccc(C)cc3)cc2)cc1. The zero-order chi connectivity index (χ0) is 21.3. The lowest BCUT2D eigenvalue weighted by Crippen LogP contribution is -2.20. The number of nitrogens with one attached hydrogen (secondary N) is 2. The van der Waals surface area contributed by atoms with Crippen LogP contribution in [-0.4, -0.2) is 18.4 Å². The van der Waals surface area contributed by atoms with Gasteiger partial charge in [-0.2, -0.15) is 0 Å². The van der Waals surface area contributed by atoms with Gasteiger partial charge in [-0.05, 0) is 67.6 Å². The first-order chi connectivity index (χ1) is 14.5. The highest BCUT2D eigenvalue weighted by molar-refractivity contribution is 5.93. The van der Waals surface area contributed by atoms with Crippen LogP contribution in [0.1, 0.15) is 18.9 Å². The Morgan fingerprint density at radius 1 is 0.700 bits per heavy atom. The third kappa shape index (κ3) is 6.38. The predicted molar refractivity (Wildman–Crippen MR) is 117 cm³/mol. The number of ether oxygens (including phenoxy) is 2. The summed E-state index contributed by atoms with van der Waals surface area (Å²) in [7, 11) is 0. The van der Waals surface area contributed by atoms with Crippen LogP contribution in [-0.2, 0) is 9.59 Å². The van der Waals surface area contributed by atoms with Crippen LogP contribution in [0.4, 0.5) is 11.4 Å². The third-order valence-corrected chi connectivity index (χ3v) is 4.22. The van der Waals surface area contributed by atoms with Crippen LogP contribution in [0.2, 0.25) is 0 Å². The molecule has 154 valence electrons. The fourth-order valence-corrected chi connectivity index (χ4v) is 2.58. The topological polar surface area (TPSA) is 76.7 Å².